The van der Waals surface area contributed by atoms with Crippen LogP contribution in [0.3, 0.4) is 0 Å². The van der Waals surface area contributed by atoms with E-state index in [9.17, 15) is 4.79 Å². The Labute approximate surface area is 70.6 Å². The number of nitrogens with one attached hydrogen (secondary N) is 1. The minimum Gasteiger partial charge on any atom is -0.294 e. The van der Waals surface area contributed by atoms with Crippen molar-refractivity contribution >= 4 is 11.5 Å². The van der Waals surface area contributed by atoms with Gasteiger partial charge in [-0.15, -0.1) is 0 Å². The van der Waals surface area contributed by atoms with Gasteiger partial charge in [-0.25, -0.2) is 0 Å². The van der Waals surface area contributed by atoms with Gasteiger partial charge in [-0.05, 0) is 19.1 Å². The first-order valence-corrected chi connectivity index (χ1v) is 3.51. The van der Waals surface area contributed by atoms with E-state index < -0.39 is 0 Å². The summed E-state index contributed by atoms with van der Waals surface area (Å²) in [4.78, 5) is 11.0. The lowest BCUT2D eigenvalue weighted by Crippen LogP contribution is -1.98. The molecule has 0 aliphatic rings. The fraction of sp³-hybridized carbons (Fsp3) is 0.111. The maximum absolute atomic E-state index is 11.0. The number of nitrogens with zero attached hydrogens (tertiary/aromatic N) is 1. The highest BCUT2D eigenvalue weighted by molar-refractivity contribution is 5.99. The first-order chi connectivity index (χ1) is 5.75. The molecule has 1 aromatic carbocycles. The number of ketones is 1. The summed E-state index contributed by atoms with van der Waals surface area (Å²) >= 11 is 0. The molecule has 0 radical (unpaired) electrons. The fourth-order valence-electron chi connectivity index (χ4n) is 0.959. The topological polar surface area (TPSA) is 52.9 Å². The second-order valence-electron chi connectivity index (χ2n) is 2.34. The molecule has 0 saturated carbocycles. The van der Waals surface area contributed by atoms with Crippen molar-refractivity contribution < 1.29 is 4.79 Å². The largest absolute Gasteiger partial charge is 0.294 e. The van der Waals surface area contributed by atoms with Crippen molar-refractivity contribution in [2.45, 2.75) is 6.92 Å². The molecule has 0 bridgehead atoms. The summed E-state index contributed by atoms with van der Waals surface area (Å²) < 4.78 is 0. The average Bonchev–Trinajstić information content (AvgIpc) is 2.05. The second-order valence-corrected chi connectivity index (χ2v) is 2.34. The van der Waals surface area contributed by atoms with Crippen LogP contribution in [0, 0.1) is 11.5 Å². The van der Waals surface area contributed by atoms with Gasteiger partial charge < -0.3 is 0 Å². The Morgan fingerprint density at radius 2 is 2.17 bits per heavy atom. The summed E-state index contributed by atoms with van der Waals surface area (Å²) in [5.41, 5.74) is 1.10. The van der Waals surface area contributed by atoms with Crippen molar-refractivity contribution in [2.75, 3.05) is 5.32 Å². The fourth-order valence-corrected chi connectivity index (χ4v) is 0.959. The van der Waals surface area contributed by atoms with Gasteiger partial charge in [-0.3, -0.25) is 10.1 Å². The van der Waals surface area contributed by atoms with Crippen LogP contribution in [-0.4, -0.2) is 5.78 Å². The summed E-state index contributed by atoms with van der Waals surface area (Å²) in [6.07, 6.45) is 1.78. The zero-order chi connectivity index (χ0) is 8.97. The Morgan fingerprint density at radius 1 is 1.50 bits per heavy atom. The Bertz CT molecular complexity index is 339. The molecule has 12 heavy (non-hydrogen) atoms. The minimum atomic E-state index is -0.0478. The first-order valence-electron chi connectivity index (χ1n) is 3.51. The van der Waals surface area contributed by atoms with E-state index in [0.29, 0.717) is 11.3 Å². The number of hydrogen-bond acceptors (Lipinski definition) is 3. The van der Waals surface area contributed by atoms with Crippen molar-refractivity contribution in [1.82, 2.24) is 0 Å². The number of hydrogen-bond donors (Lipinski definition) is 1. The number of benzene rings is 1. The normalized spacial score (nSPS) is 8.67. The molecule has 0 aromatic heterocycles. The van der Waals surface area contributed by atoms with Crippen LogP contribution in [0.1, 0.15) is 17.3 Å². The smallest absolute Gasteiger partial charge is 0.181 e. The predicted molar refractivity (Wildman–Crippen MR) is 45.7 cm³/mol. The Morgan fingerprint density at radius 3 is 2.75 bits per heavy atom. The molecule has 60 valence electrons. The molecular weight excluding hydrogens is 152 g/mol. The van der Waals surface area contributed by atoms with Gasteiger partial charge in [0.05, 0.1) is 5.69 Å². The van der Waals surface area contributed by atoms with E-state index in [2.05, 4.69) is 5.32 Å². The maximum Gasteiger partial charge on any atom is 0.181 e. The Balaban J connectivity index is 3.10. The molecule has 0 amide bonds. The number of nitriles is 1. The zero-order valence-electron chi connectivity index (χ0n) is 6.66. The van der Waals surface area contributed by atoms with E-state index in [4.69, 9.17) is 5.26 Å². The van der Waals surface area contributed by atoms with Gasteiger partial charge >= 0.3 is 0 Å². The average molecular weight is 160 g/mol. The van der Waals surface area contributed by atoms with Crippen LogP contribution in [0.15, 0.2) is 24.3 Å². The quantitative estimate of drug-likeness (QED) is 0.407. The highest BCUT2D eigenvalue weighted by Gasteiger charge is 2.03. The lowest BCUT2D eigenvalue weighted by Gasteiger charge is -2.01. The van der Waals surface area contributed by atoms with Crippen LogP contribution >= 0.6 is 0 Å². The van der Waals surface area contributed by atoms with Crippen LogP contribution in [0.4, 0.5) is 5.69 Å². The Kier molecular flexibility index (Phi) is 2.44. The van der Waals surface area contributed by atoms with Gasteiger partial charge in [0.1, 0.15) is 0 Å². The predicted octanol–water partition coefficient (Wildman–Crippen LogP) is 1.78. The van der Waals surface area contributed by atoms with Crippen LogP contribution in [0.2, 0.25) is 0 Å². The Hall–Kier alpha value is -1.82. The number of carbonyl (C=O) groups excluding carboxylic acids is 1. The van der Waals surface area contributed by atoms with Crippen molar-refractivity contribution in [2.24, 2.45) is 0 Å². The van der Waals surface area contributed by atoms with Crippen LogP contribution in [0.5, 0.6) is 0 Å². The van der Waals surface area contributed by atoms with Crippen molar-refractivity contribution in [3.05, 3.63) is 29.8 Å². The highest BCUT2D eigenvalue weighted by Crippen LogP contribution is 2.14. The first kappa shape index (κ1) is 8.28. The van der Waals surface area contributed by atoms with Gasteiger partial charge in [0.25, 0.3) is 0 Å². The molecule has 3 heteroatoms. The third-order valence-corrected chi connectivity index (χ3v) is 1.50. The molecule has 0 fully saturated rings. The molecule has 0 aliphatic heterocycles. The molecule has 0 aliphatic carbocycles. The summed E-state index contributed by atoms with van der Waals surface area (Å²) in [7, 11) is 0. The van der Waals surface area contributed by atoms with Crippen molar-refractivity contribution in [1.29, 1.82) is 5.26 Å². The molecule has 0 saturated heterocycles. The number of para-hydroxylation sites is 1. The van der Waals surface area contributed by atoms with Gasteiger partial charge in [0.2, 0.25) is 0 Å². The lowest BCUT2D eigenvalue weighted by molar-refractivity contribution is 0.101. The van der Waals surface area contributed by atoms with E-state index >= 15 is 0 Å². The van der Waals surface area contributed by atoms with Gasteiger partial charge in [-0.2, -0.15) is 5.26 Å². The zero-order valence-corrected chi connectivity index (χ0v) is 6.66. The number of rotatable bonds is 2. The maximum atomic E-state index is 11.0. The minimum absolute atomic E-state index is 0.0478. The van der Waals surface area contributed by atoms with Gasteiger partial charge in [0, 0.05) is 5.56 Å². The second kappa shape index (κ2) is 3.54. The summed E-state index contributed by atoms with van der Waals surface area (Å²) in [6, 6.07) is 6.91. The number of anilines is 1. The molecular formula is C9H8N2O. The molecule has 3 nitrogen and oxygen atoms in total. The van der Waals surface area contributed by atoms with E-state index in [1.54, 1.807) is 30.5 Å². The SMILES string of the molecule is CC(=O)c1ccccc1NC#N. The van der Waals surface area contributed by atoms with E-state index in [-0.39, 0.29) is 5.78 Å². The van der Waals surface area contributed by atoms with Crippen LogP contribution in [-0.2, 0) is 0 Å². The molecule has 0 heterocycles. The van der Waals surface area contributed by atoms with Gasteiger partial charge in [-0.1, -0.05) is 12.1 Å². The van der Waals surface area contributed by atoms with E-state index in [1.165, 1.54) is 6.92 Å². The van der Waals surface area contributed by atoms with E-state index in [0.717, 1.165) is 0 Å². The molecule has 1 rings (SSSR count). The van der Waals surface area contributed by atoms with Crippen molar-refractivity contribution in [3.63, 3.8) is 0 Å². The number of carbonyl (C=O) groups is 1. The summed E-state index contributed by atoms with van der Waals surface area (Å²) in [5, 5.41) is 10.8. The summed E-state index contributed by atoms with van der Waals surface area (Å²) in [5.74, 6) is -0.0478. The van der Waals surface area contributed by atoms with E-state index in [1.807, 2.05) is 0 Å². The highest BCUT2D eigenvalue weighted by atomic mass is 16.1. The third-order valence-electron chi connectivity index (χ3n) is 1.50. The van der Waals surface area contributed by atoms with Crippen LogP contribution in [0.25, 0.3) is 0 Å². The third kappa shape index (κ3) is 1.61. The molecule has 1 N–H and O–H groups in total. The molecule has 1 aromatic rings. The van der Waals surface area contributed by atoms with Crippen molar-refractivity contribution in [3.8, 4) is 6.19 Å². The number of Topliss-reactive ketones (excluding diaryl/α,β-unsaturated/α-hetero) is 1. The summed E-state index contributed by atoms with van der Waals surface area (Å²) in [6.45, 7) is 1.47. The standard InChI is InChI=1S/C9H8N2O/c1-7(12)8-4-2-3-5-9(8)11-6-10/h2-5,11H,1H3. The van der Waals surface area contributed by atoms with Crippen LogP contribution < -0.4 is 5.32 Å². The lowest BCUT2D eigenvalue weighted by atomic mass is 10.1. The molecule has 0 atom stereocenters. The molecule has 0 unspecified atom stereocenters. The van der Waals surface area contributed by atoms with Gasteiger partial charge in [0.15, 0.2) is 12.0 Å². The monoisotopic (exact) mass is 160 g/mol. The molecule has 0 spiro atoms.